The highest BCUT2D eigenvalue weighted by molar-refractivity contribution is 6.30. The van der Waals surface area contributed by atoms with Gasteiger partial charge in [-0.05, 0) is 60.5 Å². The lowest BCUT2D eigenvalue weighted by Gasteiger charge is -2.39. The van der Waals surface area contributed by atoms with E-state index in [0.29, 0.717) is 28.6 Å². The fraction of sp³-hybridized carbons (Fsp3) is 0.240. The second-order valence-corrected chi connectivity index (χ2v) is 7.91. The number of fused-ring (bicyclic) bond motifs is 1. The first-order valence-corrected chi connectivity index (χ1v) is 10.5. The molecule has 0 radical (unpaired) electrons. The van der Waals surface area contributed by atoms with Crippen LogP contribution in [0.3, 0.4) is 0 Å². The van der Waals surface area contributed by atoms with Crippen LogP contribution in [0.4, 0.5) is 11.4 Å². The maximum atomic E-state index is 13.4. The number of halogens is 1. The SMILES string of the molecule is COc1ccc(C(=O)N2CCC(N(C)c3ccc(Cl)cc3)c3ccccc32)cc1OC. The molecule has 0 N–H and O–H groups in total. The standard InChI is InChI=1S/C25H25ClN2O3/c1-27(19-11-9-18(26)10-12-19)21-14-15-28(22-7-5-4-6-20(21)22)25(29)17-8-13-23(30-2)24(16-17)31-3/h4-13,16,21H,14-15H2,1-3H3. The number of ether oxygens (including phenoxy) is 2. The van der Waals surface area contributed by atoms with E-state index in [2.05, 4.69) is 18.0 Å². The average molecular weight is 437 g/mol. The molecule has 5 nitrogen and oxygen atoms in total. The maximum Gasteiger partial charge on any atom is 0.258 e. The molecule has 1 atom stereocenters. The number of anilines is 2. The molecule has 0 aliphatic carbocycles. The van der Waals surface area contributed by atoms with E-state index in [4.69, 9.17) is 21.1 Å². The minimum atomic E-state index is -0.0546. The van der Waals surface area contributed by atoms with Crippen LogP contribution in [0.25, 0.3) is 0 Å². The van der Waals surface area contributed by atoms with Gasteiger partial charge in [0.05, 0.1) is 20.3 Å². The number of rotatable bonds is 5. The Hall–Kier alpha value is -3.18. The van der Waals surface area contributed by atoms with E-state index in [9.17, 15) is 4.79 Å². The largest absolute Gasteiger partial charge is 0.493 e. The van der Waals surface area contributed by atoms with Gasteiger partial charge in [0, 0.05) is 35.6 Å². The molecule has 1 aliphatic rings. The van der Waals surface area contributed by atoms with Crippen molar-refractivity contribution in [1.29, 1.82) is 0 Å². The predicted molar refractivity (Wildman–Crippen MR) is 125 cm³/mol. The number of carbonyl (C=O) groups is 1. The lowest BCUT2D eigenvalue weighted by atomic mass is 9.94. The Labute approximate surface area is 187 Å². The average Bonchev–Trinajstić information content (AvgIpc) is 2.82. The molecule has 160 valence electrons. The summed E-state index contributed by atoms with van der Waals surface area (Å²) in [5, 5.41) is 0.716. The zero-order valence-corrected chi connectivity index (χ0v) is 18.6. The predicted octanol–water partition coefficient (Wildman–Crippen LogP) is 5.59. The van der Waals surface area contributed by atoms with E-state index >= 15 is 0 Å². The van der Waals surface area contributed by atoms with E-state index in [1.165, 1.54) is 0 Å². The molecule has 1 heterocycles. The zero-order chi connectivity index (χ0) is 22.0. The van der Waals surface area contributed by atoms with Gasteiger partial charge in [-0.3, -0.25) is 4.79 Å². The Kier molecular flexibility index (Phi) is 6.05. The number of hydrogen-bond donors (Lipinski definition) is 0. The first kappa shape index (κ1) is 21.1. The molecule has 1 amide bonds. The summed E-state index contributed by atoms with van der Waals surface area (Å²) < 4.78 is 10.7. The van der Waals surface area contributed by atoms with Crippen molar-refractivity contribution in [2.75, 3.05) is 37.6 Å². The van der Waals surface area contributed by atoms with Crippen LogP contribution >= 0.6 is 11.6 Å². The Morgan fingerprint density at radius 3 is 2.42 bits per heavy atom. The number of amides is 1. The smallest absolute Gasteiger partial charge is 0.258 e. The quantitative estimate of drug-likeness (QED) is 0.523. The molecule has 0 saturated heterocycles. The van der Waals surface area contributed by atoms with E-state index < -0.39 is 0 Å². The highest BCUT2D eigenvalue weighted by Crippen LogP contribution is 2.40. The number of benzene rings is 3. The molecule has 4 rings (SSSR count). The summed E-state index contributed by atoms with van der Waals surface area (Å²) in [5.41, 5.74) is 3.71. The van der Waals surface area contributed by atoms with Crippen LogP contribution in [0, 0.1) is 0 Å². The minimum absolute atomic E-state index is 0.0546. The van der Waals surface area contributed by atoms with Gasteiger partial charge in [0.15, 0.2) is 11.5 Å². The fourth-order valence-electron chi connectivity index (χ4n) is 4.14. The Bertz CT molecular complexity index is 1080. The highest BCUT2D eigenvalue weighted by atomic mass is 35.5. The van der Waals surface area contributed by atoms with Crippen LogP contribution in [0.1, 0.15) is 28.4 Å². The van der Waals surface area contributed by atoms with Crippen molar-refractivity contribution >= 4 is 28.9 Å². The van der Waals surface area contributed by atoms with Crippen LogP contribution in [0.2, 0.25) is 5.02 Å². The first-order chi connectivity index (χ1) is 15.0. The van der Waals surface area contributed by atoms with Crippen LogP contribution in [0.15, 0.2) is 66.7 Å². The summed E-state index contributed by atoms with van der Waals surface area (Å²) in [5.74, 6) is 1.09. The summed E-state index contributed by atoms with van der Waals surface area (Å²) in [6.45, 7) is 0.618. The topological polar surface area (TPSA) is 42.0 Å². The van der Waals surface area contributed by atoms with Gasteiger partial charge < -0.3 is 19.3 Å². The van der Waals surface area contributed by atoms with Crippen molar-refractivity contribution in [3.8, 4) is 11.5 Å². The van der Waals surface area contributed by atoms with Crippen LogP contribution < -0.4 is 19.3 Å². The van der Waals surface area contributed by atoms with E-state index in [0.717, 1.165) is 23.4 Å². The van der Waals surface area contributed by atoms with Gasteiger partial charge in [0.25, 0.3) is 5.91 Å². The van der Waals surface area contributed by atoms with Crippen LogP contribution in [0.5, 0.6) is 11.5 Å². The van der Waals surface area contributed by atoms with Crippen LogP contribution in [-0.4, -0.2) is 33.7 Å². The van der Waals surface area contributed by atoms with Crippen molar-refractivity contribution in [3.05, 3.63) is 82.9 Å². The second kappa shape index (κ2) is 8.90. The molecule has 3 aromatic carbocycles. The lowest BCUT2D eigenvalue weighted by Crippen LogP contribution is -2.40. The number of hydrogen-bond acceptors (Lipinski definition) is 4. The Morgan fingerprint density at radius 2 is 1.71 bits per heavy atom. The number of methoxy groups -OCH3 is 2. The van der Waals surface area contributed by atoms with Crippen LogP contribution in [-0.2, 0) is 0 Å². The molecule has 0 saturated carbocycles. The molecule has 31 heavy (non-hydrogen) atoms. The van der Waals surface area contributed by atoms with Gasteiger partial charge in [-0.15, -0.1) is 0 Å². The maximum absolute atomic E-state index is 13.4. The van der Waals surface area contributed by atoms with Crippen molar-refractivity contribution in [2.24, 2.45) is 0 Å². The molecular weight excluding hydrogens is 412 g/mol. The van der Waals surface area contributed by atoms with E-state index in [1.54, 1.807) is 32.4 Å². The molecule has 0 spiro atoms. The van der Waals surface area contributed by atoms with Gasteiger partial charge in [0.2, 0.25) is 0 Å². The minimum Gasteiger partial charge on any atom is -0.493 e. The third-order valence-electron chi connectivity index (χ3n) is 5.79. The molecule has 0 fully saturated rings. The second-order valence-electron chi connectivity index (χ2n) is 7.48. The first-order valence-electron chi connectivity index (χ1n) is 10.1. The van der Waals surface area contributed by atoms with Gasteiger partial charge in [0.1, 0.15) is 0 Å². The van der Waals surface area contributed by atoms with E-state index in [-0.39, 0.29) is 11.9 Å². The monoisotopic (exact) mass is 436 g/mol. The Balaban J connectivity index is 1.66. The van der Waals surface area contributed by atoms with Gasteiger partial charge in [-0.2, -0.15) is 0 Å². The summed E-state index contributed by atoms with van der Waals surface area (Å²) in [7, 11) is 5.23. The van der Waals surface area contributed by atoms with Crippen molar-refractivity contribution in [3.63, 3.8) is 0 Å². The van der Waals surface area contributed by atoms with Gasteiger partial charge in [-0.1, -0.05) is 29.8 Å². The summed E-state index contributed by atoms with van der Waals surface area (Å²) in [6, 6.07) is 21.4. The molecule has 1 aliphatic heterocycles. The molecule has 3 aromatic rings. The summed E-state index contributed by atoms with van der Waals surface area (Å²) in [4.78, 5) is 17.5. The fourth-order valence-corrected chi connectivity index (χ4v) is 4.26. The molecular formula is C25H25ClN2O3. The molecule has 1 unspecified atom stereocenters. The summed E-state index contributed by atoms with van der Waals surface area (Å²) in [6.07, 6.45) is 0.815. The number of nitrogens with zero attached hydrogens (tertiary/aromatic N) is 2. The molecule has 0 bridgehead atoms. The van der Waals surface area contributed by atoms with Crippen molar-refractivity contribution in [2.45, 2.75) is 12.5 Å². The lowest BCUT2D eigenvalue weighted by molar-refractivity contribution is 0.0983. The Morgan fingerprint density at radius 1 is 1.00 bits per heavy atom. The summed E-state index contributed by atoms with van der Waals surface area (Å²) >= 11 is 6.06. The van der Waals surface area contributed by atoms with Gasteiger partial charge >= 0.3 is 0 Å². The molecule has 6 heteroatoms. The van der Waals surface area contributed by atoms with E-state index in [1.807, 2.05) is 47.4 Å². The third-order valence-corrected chi connectivity index (χ3v) is 6.04. The number of para-hydroxylation sites is 1. The highest BCUT2D eigenvalue weighted by Gasteiger charge is 2.31. The third kappa shape index (κ3) is 4.06. The molecule has 0 aromatic heterocycles. The van der Waals surface area contributed by atoms with Crippen molar-refractivity contribution < 1.29 is 14.3 Å². The normalized spacial score (nSPS) is 15.2. The number of carbonyl (C=O) groups excluding carboxylic acids is 1. The zero-order valence-electron chi connectivity index (χ0n) is 17.8. The van der Waals surface area contributed by atoms with Crippen molar-refractivity contribution in [1.82, 2.24) is 0 Å². The van der Waals surface area contributed by atoms with Gasteiger partial charge in [-0.25, -0.2) is 0 Å².